The van der Waals surface area contributed by atoms with Crippen molar-refractivity contribution in [1.82, 2.24) is 0 Å². The lowest BCUT2D eigenvalue weighted by molar-refractivity contribution is -0.165. The highest BCUT2D eigenvalue weighted by molar-refractivity contribution is 6.18. The molecule has 2 atom stereocenters. The molecule has 1 saturated heterocycles. The van der Waals surface area contributed by atoms with E-state index in [1.807, 2.05) is 6.92 Å². The third-order valence-corrected chi connectivity index (χ3v) is 2.18. The van der Waals surface area contributed by atoms with E-state index in [0.29, 0.717) is 6.42 Å². The zero-order valence-electron chi connectivity index (χ0n) is 8.41. The molecule has 0 aromatic heterocycles. The normalized spacial score (nSPS) is 27.3. The van der Waals surface area contributed by atoms with E-state index < -0.39 is 11.9 Å². The summed E-state index contributed by atoms with van der Waals surface area (Å²) in [6.07, 6.45) is 0.678. The molecule has 0 aromatic carbocycles. The molecule has 0 saturated carbocycles. The van der Waals surface area contributed by atoms with Crippen molar-refractivity contribution in [2.45, 2.75) is 39.2 Å². The Kier molecular flexibility index (Phi) is 3.38. The Labute approximate surface area is 82.6 Å². The molecule has 1 rings (SSSR count). The van der Waals surface area contributed by atoms with E-state index in [0.717, 1.165) is 0 Å². The summed E-state index contributed by atoms with van der Waals surface area (Å²) in [4.78, 5) is 34.1. The van der Waals surface area contributed by atoms with Crippen LogP contribution in [0.5, 0.6) is 0 Å². The van der Waals surface area contributed by atoms with Crippen molar-refractivity contribution in [3.8, 4) is 0 Å². The molecule has 14 heavy (non-hydrogen) atoms. The molecule has 0 aromatic rings. The van der Waals surface area contributed by atoms with Gasteiger partial charge in [0.05, 0.1) is 0 Å². The molecule has 4 heteroatoms. The lowest BCUT2D eigenvalue weighted by Gasteiger charge is -2.23. The molecule has 4 nitrogen and oxygen atoms in total. The van der Waals surface area contributed by atoms with Crippen LogP contribution in [0.25, 0.3) is 0 Å². The van der Waals surface area contributed by atoms with Crippen LogP contribution in [-0.4, -0.2) is 23.6 Å². The Hall–Kier alpha value is -1.19. The van der Waals surface area contributed by atoms with Crippen molar-refractivity contribution >= 4 is 17.5 Å². The lowest BCUT2D eigenvalue weighted by atomic mass is 9.91. The smallest absolute Gasteiger partial charge is 0.324 e. The van der Waals surface area contributed by atoms with Crippen LogP contribution in [0.2, 0.25) is 0 Å². The minimum atomic E-state index is -1.15. The number of cyclic esters (lactones) is 1. The van der Waals surface area contributed by atoms with Crippen LogP contribution in [-0.2, 0) is 19.1 Å². The van der Waals surface area contributed by atoms with Gasteiger partial charge in [0.2, 0.25) is 0 Å². The number of hydrogen-bond donors (Lipinski definition) is 0. The van der Waals surface area contributed by atoms with Gasteiger partial charge in [-0.3, -0.25) is 14.4 Å². The summed E-state index contributed by atoms with van der Waals surface area (Å²) in [6.45, 7) is 3.48. The number of ether oxygens (including phenoxy) is 1. The Bertz CT molecular complexity index is 240. The first kappa shape index (κ1) is 10.9. The van der Waals surface area contributed by atoms with Gasteiger partial charge in [-0.2, -0.15) is 0 Å². The van der Waals surface area contributed by atoms with Crippen LogP contribution in [0.1, 0.15) is 33.1 Å². The lowest BCUT2D eigenvalue weighted by Crippen LogP contribution is -2.41. The molecular formula is C10H14O4. The molecule has 1 aliphatic heterocycles. The van der Waals surface area contributed by atoms with E-state index in [4.69, 9.17) is 4.74 Å². The fourth-order valence-electron chi connectivity index (χ4n) is 1.54. The minimum absolute atomic E-state index is 0.159. The van der Waals surface area contributed by atoms with Gasteiger partial charge in [-0.25, -0.2) is 0 Å². The van der Waals surface area contributed by atoms with Crippen LogP contribution < -0.4 is 0 Å². The van der Waals surface area contributed by atoms with Gasteiger partial charge in [-0.1, -0.05) is 6.92 Å². The maximum Gasteiger partial charge on any atom is 0.324 e. The first-order valence-electron chi connectivity index (χ1n) is 4.82. The maximum absolute atomic E-state index is 11.4. The summed E-state index contributed by atoms with van der Waals surface area (Å²) in [5, 5.41) is 0. The summed E-state index contributed by atoms with van der Waals surface area (Å²) in [5.74, 6) is -2.43. The van der Waals surface area contributed by atoms with Gasteiger partial charge in [0.15, 0.2) is 17.5 Å². The Morgan fingerprint density at radius 3 is 2.64 bits per heavy atom. The van der Waals surface area contributed by atoms with Gasteiger partial charge in [0, 0.05) is 12.8 Å². The average molecular weight is 198 g/mol. The number of Topliss-reactive ketones (excluding diaryl/α,β-unsaturated/α-hetero) is 2. The fourth-order valence-corrected chi connectivity index (χ4v) is 1.54. The molecule has 0 aliphatic carbocycles. The summed E-state index contributed by atoms with van der Waals surface area (Å²) in [6, 6.07) is 0. The van der Waals surface area contributed by atoms with Gasteiger partial charge in [0.25, 0.3) is 0 Å². The second-order valence-electron chi connectivity index (χ2n) is 3.57. The number of carbonyl (C=O) groups excluding carboxylic acids is 3. The number of rotatable bonds is 3. The fraction of sp³-hybridized carbons (Fsp3) is 0.700. The Balaban J connectivity index is 2.72. The van der Waals surface area contributed by atoms with E-state index in [9.17, 15) is 14.4 Å². The highest BCUT2D eigenvalue weighted by atomic mass is 16.5. The van der Waals surface area contributed by atoms with E-state index in [1.54, 1.807) is 6.92 Å². The predicted octanol–water partition coefficient (Wildman–Crippen LogP) is 0.876. The summed E-state index contributed by atoms with van der Waals surface area (Å²) in [7, 11) is 0. The van der Waals surface area contributed by atoms with Gasteiger partial charge in [0.1, 0.15) is 6.10 Å². The SMILES string of the molecule is CCCC(=O)[C@H]1C(=O)C[C@H](C)OC1=O. The van der Waals surface area contributed by atoms with Gasteiger partial charge in [-0.15, -0.1) is 0 Å². The molecule has 0 bridgehead atoms. The zero-order chi connectivity index (χ0) is 10.7. The Morgan fingerprint density at radius 2 is 2.14 bits per heavy atom. The third-order valence-electron chi connectivity index (χ3n) is 2.18. The first-order chi connectivity index (χ1) is 6.56. The number of hydrogen-bond acceptors (Lipinski definition) is 4. The van der Waals surface area contributed by atoms with Crippen molar-refractivity contribution in [2.24, 2.45) is 5.92 Å². The van der Waals surface area contributed by atoms with Crippen LogP contribution in [0.3, 0.4) is 0 Å². The molecule has 1 fully saturated rings. The highest BCUT2D eigenvalue weighted by Crippen LogP contribution is 2.19. The molecule has 0 amide bonds. The molecule has 0 unspecified atom stereocenters. The zero-order valence-corrected chi connectivity index (χ0v) is 8.41. The monoisotopic (exact) mass is 198 g/mol. The van der Waals surface area contributed by atoms with Crippen molar-refractivity contribution < 1.29 is 19.1 Å². The second-order valence-corrected chi connectivity index (χ2v) is 3.57. The number of carbonyl (C=O) groups is 3. The van der Waals surface area contributed by atoms with Crippen LogP contribution in [0.4, 0.5) is 0 Å². The van der Waals surface area contributed by atoms with Gasteiger partial charge >= 0.3 is 5.97 Å². The molecule has 0 spiro atoms. The summed E-state index contributed by atoms with van der Waals surface area (Å²) in [5.41, 5.74) is 0. The maximum atomic E-state index is 11.4. The predicted molar refractivity (Wildman–Crippen MR) is 48.6 cm³/mol. The largest absolute Gasteiger partial charge is 0.461 e. The van der Waals surface area contributed by atoms with Crippen molar-refractivity contribution in [2.75, 3.05) is 0 Å². The molecule has 1 heterocycles. The van der Waals surface area contributed by atoms with Gasteiger partial charge in [-0.05, 0) is 13.3 Å². The molecule has 0 N–H and O–H groups in total. The summed E-state index contributed by atoms with van der Waals surface area (Å²) >= 11 is 0. The van der Waals surface area contributed by atoms with E-state index in [2.05, 4.69) is 0 Å². The Morgan fingerprint density at radius 1 is 1.50 bits per heavy atom. The molecule has 1 aliphatic rings. The average Bonchev–Trinajstić information content (AvgIpc) is 2.01. The van der Waals surface area contributed by atoms with Crippen molar-refractivity contribution in [3.05, 3.63) is 0 Å². The van der Waals surface area contributed by atoms with Gasteiger partial charge < -0.3 is 4.74 Å². The quantitative estimate of drug-likeness (QED) is 0.499. The van der Waals surface area contributed by atoms with E-state index >= 15 is 0 Å². The second kappa shape index (κ2) is 4.35. The molecule has 78 valence electrons. The van der Waals surface area contributed by atoms with Crippen LogP contribution in [0, 0.1) is 5.92 Å². The highest BCUT2D eigenvalue weighted by Gasteiger charge is 2.39. The van der Waals surface area contributed by atoms with Crippen molar-refractivity contribution in [1.29, 1.82) is 0 Å². The van der Waals surface area contributed by atoms with E-state index in [-0.39, 0.29) is 30.5 Å². The minimum Gasteiger partial charge on any atom is -0.461 e. The summed E-state index contributed by atoms with van der Waals surface area (Å²) < 4.78 is 4.86. The third kappa shape index (κ3) is 2.19. The standard InChI is InChI=1S/C10H14O4/c1-3-4-7(11)9-8(12)5-6(2)14-10(9)13/h6,9H,3-5H2,1-2H3/t6-,9-/m0/s1. The number of esters is 1. The first-order valence-corrected chi connectivity index (χ1v) is 4.82. The molecular weight excluding hydrogens is 184 g/mol. The van der Waals surface area contributed by atoms with Crippen molar-refractivity contribution in [3.63, 3.8) is 0 Å². The van der Waals surface area contributed by atoms with E-state index in [1.165, 1.54) is 0 Å². The number of ketones is 2. The molecule has 0 radical (unpaired) electrons. The van der Waals surface area contributed by atoms with Crippen LogP contribution in [0.15, 0.2) is 0 Å². The topological polar surface area (TPSA) is 60.4 Å². The van der Waals surface area contributed by atoms with Crippen LogP contribution >= 0.6 is 0 Å².